The average Bonchev–Trinajstić information content (AvgIpc) is 2.57. The first-order valence-corrected chi connectivity index (χ1v) is 7.30. The number of anilines is 2. The van der Waals surface area contributed by atoms with E-state index in [1.165, 1.54) is 5.56 Å². The molecule has 0 fully saturated rings. The molecule has 0 unspecified atom stereocenters. The van der Waals surface area contributed by atoms with Crippen molar-refractivity contribution in [1.29, 1.82) is 5.26 Å². The molecule has 0 aliphatic rings. The number of hydrogen-bond donors (Lipinski definition) is 1. The van der Waals surface area contributed by atoms with Gasteiger partial charge in [0, 0.05) is 23.5 Å². The van der Waals surface area contributed by atoms with Crippen LogP contribution in [0.25, 0.3) is 10.9 Å². The fourth-order valence-electron chi connectivity index (χ4n) is 2.45. The molecule has 0 saturated heterocycles. The van der Waals surface area contributed by atoms with Crippen molar-refractivity contribution in [1.82, 2.24) is 9.97 Å². The molecule has 2 heterocycles. The summed E-state index contributed by atoms with van der Waals surface area (Å²) < 4.78 is 0. The first-order chi connectivity index (χ1) is 10.8. The highest BCUT2D eigenvalue weighted by Gasteiger charge is 2.09. The molecule has 108 valence electrons. The highest BCUT2D eigenvalue weighted by Crippen LogP contribution is 2.28. The van der Waals surface area contributed by atoms with Crippen molar-refractivity contribution >= 4 is 22.3 Å². The van der Waals surface area contributed by atoms with Crippen LogP contribution < -0.4 is 5.32 Å². The molecule has 0 aliphatic heterocycles. The van der Waals surface area contributed by atoms with Crippen molar-refractivity contribution < 1.29 is 0 Å². The molecule has 2 aromatic heterocycles. The van der Waals surface area contributed by atoms with E-state index < -0.39 is 0 Å². The Morgan fingerprint density at radius 1 is 1.14 bits per heavy atom. The summed E-state index contributed by atoms with van der Waals surface area (Å²) in [5, 5.41) is 13.6. The predicted molar refractivity (Wildman–Crippen MR) is 88.0 cm³/mol. The summed E-state index contributed by atoms with van der Waals surface area (Å²) in [5.74, 6) is 0. The van der Waals surface area contributed by atoms with Gasteiger partial charge in [0.15, 0.2) is 0 Å². The Morgan fingerprint density at radius 3 is 2.68 bits per heavy atom. The Kier molecular flexibility index (Phi) is 3.97. The summed E-state index contributed by atoms with van der Waals surface area (Å²) in [7, 11) is 0. The maximum Gasteiger partial charge on any atom is 0.103 e. The summed E-state index contributed by atoms with van der Waals surface area (Å²) >= 11 is 0. The Bertz CT molecular complexity index is 832. The van der Waals surface area contributed by atoms with Crippen LogP contribution in [0.3, 0.4) is 0 Å². The molecule has 0 amide bonds. The number of rotatable bonds is 4. The lowest BCUT2D eigenvalue weighted by Gasteiger charge is -2.11. The van der Waals surface area contributed by atoms with Crippen LogP contribution in [0.4, 0.5) is 11.4 Å². The summed E-state index contributed by atoms with van der Waals surface area (Å²) in [5.41, 5.74) is 4.35. The first-order valence-electron chi connectivity index (χ1n) is 7.30. The lowest BCUT2D eigenvalue weighted by Crippen LogP contribution is -1.97. The van der Waals surface area contributed by atoms with Gasteiger partial charge in [-0.1, -0.05) is 25.5 Å². The number of aromatic nitrogens is 2. The molecule has 0 bridgehead atoms. The number of benzene rings is 1. The lowest BCUT2D eigenvalue weighted by molar-refractivity contribution is 0.922. The number of hydrogen-bond acceptors (Lipinski definition) is 4. The van der Waals surface area contributed by atoms with E-state index in [9.17, 15) is 5.26 Å². The molecule has 4 heteroatoms. The highest BCUT2D eigenvalue weighted by atomic mass is 14.9. The minimum absolute atomic E-state index is 0.524. The third-order valence-electron chi connectivity index (χ3n) is 3.55. The van der Waals surface area contributed by atoms with Crippen LogP contribution in [0.5, 0.6) is 0 Å². The number of nitriles is 1. The second kappa shape index (κ2) is 6.23. The SMILES string of the molecule is CCCc1ccc(Nc2c(C#N)cnc3cnccc23)cc1. The number of nitrogens with one attached hydrogen (secondary N) is 1. The zero-order valence-electron chi connectivity index (χ0n) is 12.4. The standard InChI is InChI=1S/C18H16N4/c1-2-3-13-4-6-15(7-5-13)22-18-14(10-19)11-21-17-12-20-9-8-16(17)18/h4-9,11-12H,2-3H2,1H3,(H,21,22). The molecule has 0 radical (unpaired) electrons. The second-order valence-electron chi connectivity index (χ2n) is 5.12. The third kappa shape index (κ3) is 2.75. The molecule has 3 aromatic rings. The zero-order valence-corrected chi connectivity index (χ0v) is 12.4. The van der Waals surface area contributed by atoms with E-state index in [0.717, 1.165) is 35.1 Å². The Labute approximate surface area is 129 Å². The molecule has 4 nitrogen and oxygen atoms in total. The fourth-order valence-corrected chi connectivity index (χ4v) is 2.45. The Hall–Kier alpha value is -2.93. The van der Waals surface area contributed by atoms with Gasteiger partial charge in [0.1, 0.15) is 6.07 Å². The molecule has 1 N–H and O–H groups in total. The van der Waals surface area contributed by atoms with Crippen LogP contribution in [0.1, 0.15) is 24.5 Å². The minimum Gasteiger partial charge on any atom is -0.354 e. The number of nitrogens with zero attached hydrogens (tertiary/aromatic N) is 3. The smallest absolute Gasteiger partial charge is 0.103 e. The molecule has 22 heavy (non-hydrogen) atoms. The van der Waals surface area contributed by atoms with Gasteiger partial charge in [-0.25, -0.2) is 0 Å². The van der Waals surface area contributed by atoms with Gasteiger partial charge in [0.2, 0.25) is 0 Å². The van der Waals surface area contributed by atoms with Crippen molar-refractivity contribution in [2.45, 2.75) is 19.8 Å². The molecule has 3 rings (SSSR count). The molecule has 0 spiro atoms. The van der Waals surface area contributed by atoms with E-state index in [-0.39, 0.29) is 0 Å². The maximum absolute atomic E-state index is 9.32. The van der Waals surface area contributed by atoms with E-state index in [0.29, 0.717) is 5.56 Å². The van der Waals surface area contributed by atoms with Crippen molar-refractivity contribution in [2.24, 2.45) is 0 Å². The van der Waals surface area contributed by atoms with E-state index in [4.69, 9.17) is 0 Å². The van der Waals surface area contributed by atoms with Crippen molar-refractivity contribution in [3.8, 4) is 6.07 Å². The molecular weight excluding hydrogens is 272 g/mol. The van der Waals surface area contributed by atoms with Crippen LogP contribution in [0.2, 0.25) is 0 Å². The molecule has 1 aromatic carbocycles. The summed E-state index contributed by atoms with van der Waals surface area (Å²) in [6, 6.07) is 12.4. The second-order valence-corrected chi connectivity index (χ2v) is 5.12. The van der Waals surface area contributed by atoms with Gasteiger partial charge >= 0.3 is 0 Å². The number of aryl methyl sites for hydroxylation is 1. The van der Waals surface area contributed by atoms with E-state index in [1.54, 1.807) is 18.6 Å². The third-order valence-corrected chi connectivity index (χ3v) is 3.55. The minimum atomic E-state index is 0.524. The van der Waals surface area contributed by atoms with Crippen molar-refractivity contribution in [3.05, 3.63) is 60.0 Å². The zero-order chi connectivity index (χ0) is 15.4. The van der Waals surface area contributed by atoms with E-state index in [1.807, 2.05) is 18.2 Å². The van der Waals surface area contributed by atoms with Crippen molar-refractivity contribution in [2.75, 3.05) is 5.32 Å². The number of pyridine rings is 2. The van der Waals surface area contributed by atoms with Crippen LogP contribution >= 0.6 is 0 Å². The summed E-state index contributed by atoms with van der Waals surface area (Å²) in [6.45, 7) is 2.17. The van der Waals surface area contributed by atoms with E-state index >= 15 is 0 Å². The van der Waals surface area contributed by atoms with Gasteiger partial charge in [0.25, 0.3) is 0 Å². The largest absolute Gasteiger partial charge is 0.354 e. The fraction of sp³-hybridized carbons (Fsp3) is 0.167. The number of fused-ring (bicyclic) bond motifs is 1. The van der Waals surface area contributed by atoms with Gasteiger partial charge in [0.05, 0.1) is 23.0 Å². The maximum atomic E-state index is 9.32. The monoisotopic (exact) mass is 288 g/mol. The Morgan fingerprint density at radius 2 is 1.95 bits per heavy atom. The molecule has 0 aliphatic carbocycles. The van der Waals surface area contributed by atoms with Gasteiger partial charge in [-0.05, 0) is 30.2 Å². The lowest BCUT2D eigenvalue weighted by atomic mass is 10.1. The van der Waals surface area contributed by atoms with Crippen LogP contribution in [-0.2, 0) is 6.42 Å². The molecular formula is C18H16N4. The highest BCUT2D eigenvalue weighted by molar-refractivity contribution is 5.95. The normalized spacial score (nSPS) is 10.4. The van der Waals surface area contributed by atoms with Crippen LogP contribution in [0.15, 0.2) is 48.9 Å². The van der Waals surface area contributed by atoms with E-state index in [2.05, 4.69) is 40.4 Å². The Balaban J connectivity index is 2.00. The molecule has 0 atom stereocenters. The van der Waals surface area contributed by atoms with Crippen LogP contribution in [-0.4, -0.2) is 9.97 Å². The topological polar surface area (TPSA) is 61.6 Å². The average molecular weight is 288 g/mol. The van der Waals surface area contributed by atoms with Gasteiger partial charge in [-0.3, -0.25) is 9.97 Å². The predicted octanol–water partition coefficient (Wildman–Crippen LogP) is 4.20. The summed E-state index contributed by atoms with van der Waals surface area (Å²) in [4.78, 5) is 8.34. The van der Waals surface area contributed by atoms with Gasteiger partial charge < -0.3 is 5.32 Å². The summed E-state index contributed by atoms with van der Waals surface area (Å²) in [6.07, 6.45) is 7.20. The van der Waals surface area contributed by atoms with Crippen molar-refractivity contribution in [3.63, 3.8) is 0 Å². The van der Waals surface area contributed by atoms with Crippen LogP contribution in [0, 0.1) is 11.3 Å². The van der Waals surface area contributed by atoms with Gasteiger partial charge in [-0.2, -0.15) is 5.26 Å². The first kappa shape index (κ1) is 14.0. The molecule has 0 saturated carbocycles. The quantitative estimate of drug-likeness (QED) is 0.781. The van der Waals surface area contributed by atoms with Gasteiger partial charge in [-0.15, -0.1) is 0 Å².